The van der Waals surface area contributed by atoms with E-state index in [0.29, 0.717) is 11.3 Å². The number of aryl methyl sites for hydroxylation is 2. The highest BCUT2D eigenvalue weighted by Crippen LogP contribution is 2.20. The molecule has 0 spiro atoms. The number of sulfonamides is 1. The normalized spacial score (nSPS) is 11.1. The third-order valence-electron chi connectivity index (χ3n) is 4.14. The molecular weight excluding hydrogens is 379 g/mol. The first-order valence-electron chi connectivity index (χ1n) is 8.52. The molecule has 7 heteroatoms. The summed E-state index contributed by atoms with van der Waals surface area (Å²) in [7, 11) is -3.89. The summed E-state index contributed by atoms with van der Waals surface area (Å²) in [6.45, 7) is 3.82. The highest BCUT2D eigenvalue weighted by Gasteiger charge is 2.16. The summed E-state index contributed by atoms with van der Waals surface area (Å²) in [6.07, 6.45) is 0. The van der Waals surface area contributed by atoms with E-state index in [4.69, 9.17) is 0 Å². The second-order valence-corrected chi connectivity index (χ2v) is 8.10. The van der Waals surface area contributed by atoms with Crippen LogP contribution < -0.4 is 10.0 Å². The molecule has 2 N–H and O–H groups in total. The lowest BCUT2D eigenvalue weighted by Crippen LogP contribution is -2.15. The molecule has 0 aliphatic carbocycles. The summed E-state index contributed by atoms with van der Waals surface area (Å²) in [5.41, 5.74) is 3.10. The number of halogens is 1. The summed E-state index contributed by atoms with van der Waals surface area (Å²) in [4.78, 5) is 12.4. The van der Waals surface area contributed by atoms with Crippen molar-refractivity contribution >= 4 is 27.3 Å². The second-order valence-electron chi connectivity index (χ2n) is 6.41. The maximum Gasteiger partial charge on any atom is 0.261 e. The van der Waals surface area contributed by atoms with Crippen molar-refractivity contribution in [1.29, 1.82) is 0 Å². The summed E-state index contributed by atoms with van der Waals surface area (Å²) in [5, 5.41) is 2.83. The molecule has 0 bridgehead atoms. The highest BCUT2D eigenvalue weighted by atomic mass is 32.2. The van der Waals surface area contributed by atoms with Gasteiger partial charge in [0.2, 0.25) is 0 Å². The highest BCUT2D eigenvalue weighted by molar-refractivity contribution is 7.92. The Morgan fingerprint density at radius 3 is 2.32 bits per heavy atom. The molecule has 0 heterocycles. The maximum absolute atomic E-state index is 13.2. The van der Waals surface area contributed by atoms with Crippen molar-refractivity contribution in [1.82, 2.24) is 0 Å². The Balaban J connectivity index is 1.77. The van der Waals surface area contributed by atoms with Crippen LogP contribution in [0.4, 0.5) is 15.8 Å². The third kappa shape index (κ3) is 4.55. The monoisotopic (exact) mass is 398 g/mol. The number of amides is 1. The van der Waals surface area contributed by atoms with Crippen LogP contribution >= 0.6 is 0 Å². The Morgan fingerprint density at radius 1 is 0.929 bits per heavy atom. The Morgan fingerprint density at radius 2 is 1.64 bits per heavy atom. The van der Waals surface area contributed by atoms with Crippen LogP contribution in [0.25, 0.3) is 0 Å². The van der Waals surface area contributed by atoms with Crippen LogP contribution in [0.2, 0.25) is 0 Å². The van der Waals surface area contributed by atoms with E-state index in [-0.39, 0.29) is 16.5 Å². The summed E-state index contributed by atoms with van der Waals surface area (Å²) < 4.78 is 40.4. The first-order valence-corrected chi connectivity index (χ1v) is 10.00. The molecule has 3 aromatic carbocycles. The summed E-state index contributed by atoms with van der Waals surface area (Å²) in [5.74, 6) is -0.880. The third-order valence-corrected chi connectivity index (χ3v) is 5.54. The standard InChI is InChI=1S/C21H19FN2O3S/c1-14-6-7-15(2)20(12-14)23-21(25)16-8-10-19(11-9-16)28(26,27)24-18-5-3-4-17(22)13-18/h3-13,24H,1-2H3,(H,23,25). The zero-order chi connectivity index (χ0) is 20.3. The van der Waals surface area contributed by atoms with Gasteiger partial charge in [-0.3, -0.25) is 9.52 Å². The first-order chi connectivity index (χ1) is 13.2. The lowest BCUT2D eigenvalue weighted by Gasteiger charge is -2.11. The fourth-order valence-corrected chi connectivity index (χ4v) is 3.67. The Kier molecular flexibility index (Phi) is 5.46. The van der Waals surface area contributed by atoms with Crippen molar-refractivity contribution in [3.63, 3.8) is 0 Å². The number of benzene rings is 3. The van der Waals surface area contributed by atoms with Crippen molar-refractivity contribution in [3.05, 3.63) is 89.2 Å². The molecule has 0 unspecified atom stereocenters. The molecular formula is C21H19FN2O3S. The molecule has 0 atom stereocenters. The van der Waals surface area contributed by atoms with E-state index >= 15 is 0 Å². The first kappa shape index (κ1) is 19.6. The lowest BCUT2D eigenvalue weighted by atomic mass is 10.1. The van der Waals surface area contributed by atoms with Gasteiger partial charge < -0.3 is 5.32 Å². The van der Waals surface area contributed by atoms with Crippen molar-refractivity contribution in [2.75, 3.05) is 10.0 Å². The predicted molar refractivity (Wildman–Crippen MR) is 108 cm³/mol. The minimum Gasteiger partial charge on any atom is -0.322 e. The molecule has 3 aromatic rings. The van der Waals surface area contributed by atoms with E-state index in [9.17, 15) is 17.6 Å². The molecule has 0 aliphatic rings. The Labute approximate surface area is 163 Å². The van der Waals surface area contributed by atoms with Gasteiger partial charge in [0, 0.05) is 11.3 Å². The van der Waals surface area contributed by atoms with Crippen LogP contribution in [-0.2, 0) is 10.0 Å². The number of hydrogen-bond acceptors (Lipinski definition) is 3. The molecule has 28 heavy (non-hydrogen) atoms. The Bertz CT molecular complexity index is 1130. The molecule has 0 saturated carbocycles. The van der Waals surface area contributed by atoms with Gasteiger partial charge in [-0.15, -0.1) is 0 Å². The van der Waals surface area contributed by atoms with E-state index in [1.54, 1.807) is 0 Å². The molecule has 0 saturated heterocycles. The average Bonchev–Trinajstić information content (AvgIpc) is 2.64. The van der Waals surface area contributed by atoms with Gasteiger partial charge in [-0.2, -0.15) is 0 Å². The minimum absolute atomic E-state index is 0.0277. The average molecular weight is 398 g/mol. The molecule has 0 aliphatic heterocycles. The van der Waals surface area contributed by atoms with Crippen molar-refractivity contribution < 1.29 is 17.6 Å². The summed E-state index contributed by atoms with van der Waals surface area (Å²) in [6, 6.07) is 16.4. The molecule has 0 aromatic heterocycles. The lowest BCUT2D eigenvalue weighted by molar-refractivity contribution is 0.102. The molecule has 3 rings (SSSR count). The Hall–Kier alpha value is -3.19. The van der Waals surface area contributed by atoms with Crippen LogP contribution in [0.1, 0.15) is 21.5 Å². The number of nitrogens with one attached hydrogen (secondary N) is 2. The smallest absolute Gasteiger partial charge is 0.261 e. The van der Waals surface area contributed by atoms with E-state index in [1.807, 2.05) is 32.0 Å². The van der Waals surface area contributed by atoms with Gasteiger partial charge in [-0.1, -0.05) is 18.2 Å². The van der Waals surface area contributed by atoms with E-state index in [1.165, 1.54) is 42.5 Å². The van der Waals surface area contributed by atoms with Crippen LogP contribution in [0.5, 0.6) is 0 Å². The molecule has 5 nitrogen and oxygen atoms in total. The van der Waals surface area contributed by atoms with Gasteiger partial charge in [-0.25, -0.2) is 12.8 Å². The van der Waals surface area contributed by atoms with E-state index in [2.05, 4.69) is 10.0 Å². The summed E-state index contributed by atoms with van der Waals surface area (Å²) >= 11 is 0. The van der Waals surface area contributed by atoms with Crippen molar-refractivity contribution in [2.45, 2.75) is 18.7 Å². The maximum atomic E-state index is 13.2. The van der Waals surface area contributed by atoms with Gasteiger partial charge in [0.15, 0.2) is 0 Å². The topological polar surface area (TPSA) is 75.3 Å². The fraction of sp³-hybridized carbons (Fsp3) is 0.0952. The quantitative estimate of drug-likeness (QED) is 0.665. The van der Waals surface area contributed by atoms with Crippen LogP contribution in [0.3, 0.4) is 0 Å². The van der Waals surface area contributed by atoms with Gasteiger partial charge in [0.05, 0.1) is 10.6 Å². The number of rotatable bonds is 5. The largest absolute Gasteiger partial charge is 0.322 e. The van der Waals surface area contributed by atoms with E-state index < -0.39 is 15.8 Å². The minimum atomic E-state index is -3.89. The molecule has 0 radical (unpaired) electrons. The van der Waals surface area contributed by atoms with Gasteiger partial charge >= 0.3 is 0 Å². The number of carbonyl (C=O) groups is 1. The zero-order valence-electron chi connectivity index (χ0n) is 15.4. The van der Waals surface area contributed by atoms with Crippen LogP contribution in [0, 0.1) is 19.7 Å². The molecule has 0 fully saturated rings. The van der Waals surface area contributed by atoms with Crippen LogP contribution in [0.15, 0.2) is 71.6 Å². The predicted octanol–water partition coefficient (Wildman–Crippen LogP) is 4.50. The van der Waals surface area contributed by atoms with E-state index in [0.717, 1.165) is 17.2 Å². The fourth-order valence-electron chi connectivity index (χ4n) is 2.62. The van der Waals surface area contributed by atoms with Crippen LogP contribution in [-0.4, -0.2) is 14.3 Å². The zero-order valence-corrected chi connectivity index (χ0v) is 16.2. The van der Waals surface area contributed by atoms with Gasteiger partial charge in [0.1, 0.15) is 5.82 Å². The van der Waals surface area contributed by atoms with Crippen molar-refractivity contribution in [2.24, 2.45) is 0 Å². The SMILES string of the molecule is Cc1ccc(C)c(NC(=O)c2ccc(S(=O)(=O)Nc3cccc(F)c3)cc2)c1. The molecule has 144 valence electrons. The second kappa shape index (κ2) is 7.82. The molecule has 1 amide bonds. The van der Waals surface area contributed by atoms with Crippen molar-refractivity contribution in [3.8, 4) is 0 Å². The number of hydrogen-bond donors (Lipinski definition) is 2. The van der Waals surface area contributed by atoms with Gasteiger partial charge in [0.25, 0.3) is 15.9 Å². The number of carbonyl (C=O) groups excluding carboxylic acids is 1. The number of anilines is 2. The van der Waals surface area contributed by atoms with Gasteiger partial charge in [-0.05, 0) is 73.5 Å².